The topological polar surface area (TPSA) is 80.3 Å². The number of esters is 1. The molecule has 0 spiro atoms. The average molecular weight is 313 g/mol. The van der Waals surface area contributed by atoms with Gasteiger partial charge in [0.2, 0.25) is 5.91 Å². The fourth-order valence-corrected chi connectivity index (χ4v) is 1.95. The first-order valence-electron chi connectivity index (χ1n) is 7.27. The van der Waals surface area contributed by atoms with E-state index in [0.29, 0.717) is 25.1 Å². The van der Waals surface area contributed by atoms with E-state index in [0.717, 1.165) is 11.3 Å². The van der Waals surface area contributed by atoms with Crippen LogP contribution in [0.4, 0.5) is 5.69 Å². The third-order valence-electron chi connectivity index (χ3n) is 3.23. The van der Waals surface area contributed by atoms with Crippen LogP contribution in [0.5, 0.6) is 0 Å². The Balaban J connectivity index is 1.70. The van der Waals surface area contributed by atoms with E-state index in [2.05, 4.69) is 20.4 Å². The summed E-state index contributed by atoms with van der Waals surface area (Å²) < 4.78 is 4.64. The molecule has 0 bridgehead atoms. The van der Waals surface area contributed by atoms with Crippen LogP contribution in [0.1, 0.15) is 22.3 Å². The molecule has 0 aliphatic rings. The first kappa shape index (κ1) is 16.5. The third kappa shape index (κ3) is 5.43. The van der Waals surface area contributed by atoms with Gasteiger partial charge in [0.25, 0.3) is 0 Å². The maximum absolute atomic E-state index is 11.8. The van der Waals surface area contributed by atoms with Crippen molar-refractivity contribution in [2.24, 2.45) is 0 Å². The molecule has 0 unspecified atom stereocenters. The van der Waals surface area contributed by atoms with Gasteiger partial charge in [0, 0.05) is 37.6 Å². The highest BCUT2D eigenvalue weighted by atomic mass is 16.5. The maximum atomic E-state index is 11.8. The van der Waals surface area contributed by atoms with Crippen molar-refractivity contribution in [1.29, 1.82) is 0 Å². The average Bonchev–Trinajstić information content (AvgIpc) is 2.61. The SMILES string of the molecule is COC(=O)c1ccc(NCCC(=O)NCc2ccncc2)cc1. The van der Waals surface area contributed by atoms with Crippen LogP contribution in [-0.4, -0.2) is 30.5 Å². The summed E-state index contributed by atoms with van der Waals surface area (Å²) in [4.78, 5) is 27.0. The predicted molar refractivity (Wildman–Crippen MR) is 87.0 cm³/mol. The van der Waals surface area contributed by atoms with Crippen molar-refractivity contribution in [3.05, 3.63) is 59.9 Å². The Kier molecular flexibility index (Phi) is 6.11. The van der Waals surface area contributed by atoms with Gasteiger partial charge in [-0.3, -0.25) is 9.78 Å². The van der Waals surface area contributed by atoms with E-state index in [9.17, 15) is 9.59 Å². The second-order valence-electron chi connectivity index (χ2n) is 4.88. The van der Waals surface area contributed by atoms with E-state index in [1.54, 1.807) is 36.7 Å². The minimum Gasteiger partial charge on any atom is -0.465 e. The van der Waals surface area contributed by atoms with Crippen molar-refractivity contribution in [2.45, 2.75) is 13.0 Å². The highest BCUT2D eigenvalue weighted by Crippen LogP contribution is 2.10. The third-order valence-corrected chi connectivity index (χ3v) is 3.23. The number of carbonyl (C=O) groups excluding carboxylic acids is 2. The number of nitrogens with one attached hydrogen (secondary N) is 2. The van der Waals surface area contributed by atoms with Gasteiger partial charge < -0.3 is 15.4 Å². The summed E-state index contributed by atoms with van der Waals surface area (Å²) in [5.41, 5.74) is 2.35. The zero-order valence-corrected chi connectivity index (χ0v) is 12.9. The molecule has 1 aromatic carbocycles. The summed E-state index contributed by atoms with van der Waals surface area (Å²) in [5.74, 6) is -0.396. The van der Waals surface area contributed by atoms with E-state index < -0.39 is 0 Å². The van der Waals surface area contributed by atoms with Gasteiger partial charge in [0.05, 0.1) is 12.7 Å². The molecule has 2 aromatic rings. The van der Waals surface area contributed by atoms with E-state index in [1.807, 2.05) is 12.1 Å². The highest BCUT2D eigenvalue weighted by Gasteiger charge is 2.05. The number of aromatic nitrogens is 1. The molecule has 120 valence electrons. The Bertz CT molecular complexity index is 642. The zero-order chi connectivity index (χ0) is 16.5. The van der Waals surface area contributed by atoms with Crippen molar-refractivity contribution in [3.8, 4) is 0 Å². The molecule has 2 N–H and O–H groups in total. The largest absolute Gasteiger partial charge is 0.465 e. The Labute approximate surface area is 134 Å². The van der Waals surface area contributed by atoms with Crippen LogP contribution in [0.3, 0.4) is 0 Å². The van der Waals surface area contributed by atoms with Crippen molar-refractivity contribution in [3.63, 3.8) is 0 Å². The van der Waals surface area contributed by atoms with Crippen molar-refractivity contribution in [1.82, 2.24) is 10.3 Å². The molecule has 1 amide bonds. The Morgan fingerprint density at radius 1 is 1.09 bits per heavy atom. The number of hydrogen-bond acceptors (Lipinski definition) is 5. The molecule has 0 aliphatic heterocycles. The molecule has 0 saturated carbocycles. The number of carbonyl (C=O) groups is 2. The van der Waals surface area contributed by atoms with E-state index in [-0.39, 0.29) is 11.9 Å². The Morgan fingerprint density at radius 3 is 2.43 bits per heavy atom. The number of amides is 1. The summed E-state index contributed by atoms with van der Waals surface area (Å²) in [5, 5.41) is 5.98. The lowest BCUT2D eigenvalue weighted by molar-refractivity contribution is -0.121. The number of anilines is 1. The van der Waals surface area contributed by atoms with Crippen LogP contribution >= 0.6 is 0 Å². The van der Waals surface area contributed by atoms with Gasteiger partial charge in [-0.2, -0.15) is 0 Å². The van der Waals surface area contributed by atoms with Gasteiger partial charge in [-0.25, -0.2) is 4.79 Å². The first-order valence-corrected chi connectivity index (χ1v) is 7.27. The van der Waals surface area contributed by atoms with E-state index in [4.69, 9.17) is 0 Å². The lowest BCUT2D eigenvalue weighted by atomic mass is 10.2. The molecular weight excluding hydrogens is 294 g/mol. The minimum absolute atomic E-state index is 0.0273. The normalized spacial score (nSPS) is 9.96. The number of rotatable bonds is 7. The molecule has 0 aliphatic carbocycles. The van der Waals surface area contributed by atoms with E-state index >= 15 is 0 Å². The monoisotopic (exact) mass is 313 g/mol. The second kappa shape index (κ2) is 8.53. The standard InChI is InChI=1S/C17H19N3O3/c1-23-17(22)14-2-4-15(5-3-14)19-11-8-16(21)20-12-13-6-9-18-10-7-13/h2-7,9-10,19H,8,11-12H2,1H3,(H,20,21). The van der Waals surface area contributed by atoms with Crippen LogP contribution in [0.25, 0.3) is 0 Å². The first-order chi connectivity index (χ1) is 11.2. The molecule has 0 radical (unpaired) electrons. The number of pyridine rings is 1. The maximum Gasteiger partial charge on any atom is 0.337 e. The lowest BCUT2D eigenvalue weighted by Gasteiger charge is -2.08. The van der Waals surface area contributed by atoms with Gasteiger partial charge in [-0.15, -0.1) is 0 Å². The van der Waals surface area contributed by atoms with Crippen molar-refractivity contribution < 1.29 is 14.3 Å². The summed E-state index contributed by atoms with van der Waals surface area (Å²) in [6.07, 6.45) is 3.76. The van der Waals surface area contributed by atoms with Crippen LogP contribution < -0.4 is 10.6 Å². The quantitative estimate of drug-likeness (QED) is 0.764. The molecule has 2 rings (SSSR count). The number of benzene rings is 1. The molecule has 1 heterocycles. The van der Waals surface area contributed by atoms with Gasteiger partial charge in [0.1, 0.15) is 0 Å². The highest BCUT2D eigenvalue weighted by molar-refractivity contribution is 5.89. The van der Waals surface area contributed by atoms with Gasteiger partial charge in [-0.05, 0) is 42.0 Å². The molecule has 6 nitrogen and oxygen atoms in total. The summed E-state index contributed by atoms with van der Waals surface area (Å²) in [7, 11) is 1.35. The van der Waals surface area contributed by atoms with Gasteiger partial charge >= 0.3 is 5.97 Å². The van der Waals surface area contributed by atoms with Gasteiger partial charge in [-0.1, -0.05) is 0 Å². The molecule has 1 aromatic heterocycles. The fraction of sp³-hybridized carbons (Fsp3) is 0.235. The van der Waals surface area contributed by atoms with Gasteiger partial charge in [0.15, 0.2) is 0 Å². The van der Waals surface area contributed by atoms with Crippen LogP contribution in [0.2, 0.25) is 0 Å². The predicted octanol–water partition coefficient (Wildman–Crippen LogP) is 1.99. The summed E-state index contributed by atoms with van der Waals surface area (Å²) in [6.45, 7) is 1.01. The molecular formula is C17H19N3O3. The van der Waals surface area contributed by atoms with Crippen molar-refractivity contribution >= 4 is 17.6 Å². The number of ether oxygens (including phenoxy) is 1. The second-order valence-corrected chi connectivity index (χ2v) is 4.88. The number of hydrogen-bond donors (Lipinski definition) is 2. The Morgan fingerprint density at radius 2 is 1.78 bits per heavy atom. The Hall–Kier alpha value is -2.89. The minimum atomic E-state index is -0.368. The van der Waals surface area contributed by atoms with Crippen LogP contribution in [0.15, 0.2) is 48.8 Å². The van der Waals surface area contributed by atoms with Crippen LogP contribution in [0, 0.1) is 0 Å². The molecule has 0 fully saturated rings. The van der Waals surface area contributed by atoms with E-state index in [1.165, 1.54) is 7.11 Å². The van der Waals surface area contributed by atoms with Crippen molar-refractivity contribution in [2.75, 3.05) is 19.0 Å². The zero-order valence-electron chi connectivity index (χ0n) is 12.9. The fourth-order valence-electron chi connectivity index (χ4n) is 1.95. The summed E-state index contributed by atoms with van der Waals surface area (Å²) >= 11 is 0. The number of methoxy groups -OCH3 is 1. The lowest BCUT2D eigenvalue weighted by Crippen LogP contribution is -2.24. The molecule has 6 heteroatoms. The molecule has 0 saturated heterocycles. The van der Waals surface area contributed by atoms with Crippen LogP contribution in [-0.2, 0) is 16.1 Å². The molecule has 23 heavy (non-hydrogen) atoms. The summed E-state index contributed by atoms with van der Waals surface area (Å²) in [6, 6.07) is 10.6. The number of nitrogens with zero attached hydrogens (tertiary/aromatic N) is 1. The smallest absolute Gasteiger partial charge is 0.337 e. The molecule has 0 atom stereocenters.